The van der Waals surface area contributed by atoms with Crippen LogP contribution in [0, 0.1) is 11.8 Å². The molecule has 58 valence electrons. The van der Waals surface area contributed by atoms with Crippen LogP contribution in [0.15, 0.2) is 0 Å². The van der Waals surface area contributed by atoms with Crippen LogP contribution >= 0.6 is 0 Å². The summed E-state index contributed by atoms with van der Waals surface area (Å²) in [6, 6.07) is 1.29. The van der Waals surface area contributed by atoms with Gasteiger partial charge in [0.1, 0.15) is 0 Å². The standard InChI is InChI=1S/C8H16N2/c1-2-8-5-3-7(9)6(5)4-10-8/h5-8,10H,2-4,9H2,1H3/t5-,6-,7+,8+/m0/s1. The summed E-state index contributed by atoms with van der Waals surface area (Å²) in [7, 11) is 0. The molecule has 0 aromatic heterocycles. The largest absolute Gasteiger partial charge is 0.327 e. The van der Waals surface area contributed by atoms with Crippen molar-refractivity contribution in [2.45, 2.75) is 31.8 Å². The van der Waals surface area contributed by atoms with Gasteiger partial charge in [-0.2, -0.15) is 0 Å². The second-order valence-corrected chi connectivity index (χ2v) is 3.65. The van der Waals surface area contributed by atoms with Crippen LogP contribution in [0.25, 0.3) is 0 Å². The number of hydrogen-bond acceptors (Lipinski definition) is 2. The van der Waals surface area contributed by atoms with Crippen LogP contribution < -0.4 is 11.1 Å². The Hall–Kier alpha value is -0.0800. The maximum absolute atomic E-state index is 5.84. The fourth-order valence-electron chi connectivity index (χ4n) is 2.44. The van der Waals surface area contributed by atoms with Crippen LogP contribution in [0.3, 0.4) is 0 Å². The molecule has 2 aliphatic rings. The number of fused-ring (bicyclic) bond motifs is 1. The highest BCUT2D eigenvalue weighted by atomic mass is 15.0. The van der Waals surface area contributed by atoms with Crippen LogP contribution in [0.2, 0.25) is 0 Å². The van der Waals surface area contributed by atoms with Crippen LogP contribution in [-0.2, 0) is 0 Å². The SMILES string of the molecule is CC[C@H]1NC[C@H]2[C@@H]1C[C@H]2N. The third kappa shape index (κ3) is 0.722. The van der Waals surface area contributed by atoms with Crippen molar-refractivity contribution < 1.29 is 0 Å². The van der Waals surface area contributed by atoms with Gasteiger partial charge >= 0.3 is 0 Å². The van der Waals surface area contributed by atoms with Gasteiger partial charge in [0.2, 0.25) is 0 Å². The molecule has 1 saturated heterocycles. The van der Waals surface area contributed by atoms with E-state index in [1.807, 2.05) is 0 Å². The van der Waals surface area contributed by atoms with Gasteiger partial charge in [-0.15, -0.1) is 0 Å². The molecule has 2 heteroatoms. The Bertz CT molecular complexity index is 129. The van der Waals surface area contributed by atoms with Gasteiger partial charge in [0, 0.05) is 18.6 Å². The number of hydrogen-bond donors (Lipinski definition) is 2. The van der Waals surface area contributed by atoms with Crippen LogP contribution in [0.5, 0.6) is 0 Å². The lowest BCUT2D eigenvalue weighted by atomic mass is 9.69. The molecule has 0 aromatic carbocycles. The molecule has 4 atom stereocenters. The molecule has 3 N–H and O–H groups in total. The Labute approximate surface area is 62.2 Å². The Morgan fingerprint density at radius 2 is 2.30 bits per heavy atom. The quantitative estimate of drug-likeness (QED) is 0.551. The summed E-state index contributed by atoms with van der Waals surface area (Å²) in [5, 5.41) is 3.52. The van der Waals surface area contributed by atoms with Gasteiger partial charge in [-0.1, -0.05) is 6.92 Å². The maximum Gasteiger partial charge on any atom is 0.00971 e. The smallest absolute Gasteiger partial charge is 0.00971 e. The lowest BCUT2D eigenvalue weighted by Crippen LogP contribution is -2.48. The van der Waals surface area contributed by atoms with E-state index in [1.165, 1.54) is 19.4 Å². The zero-order chi connectivity index (χ0) is 7.14. The van der Waals surface area contributed by atoms with E-state index in [4.69, 9.17) is 5.73 Å². The average molecular weight is 140 g/mol. The first kappa shape index (κ1) is 6.62. The molecule has 0 bridgehead atoms. The first-order valence-electron chi connectivity index (χ1n) is 4.32. The second-order valence-electron chi connectivity index (χ2n) is 3.65. The van der Waals surface area contributed by atoms with E-state index in [2.05, 4.69) is 12.2 Å². The lowest BCUT2D eigenvalue weighted by molar-refractivity contribution is 0.165. The van der Waals surface area contributed by atoms with Gasteiger partial charge < -0.3 is 11.1 Å². The molecule has 2 fully saturated rings. The zero-order valence-corrected chi connectivity index (χ0v) is 6.51. The molecule has 0 radical (unpaired) electrons. The molecule has 1 aliphatic heterocycles. The molecule has 1 aliphatic carbocycles. The number of nitrogens with two attached hydrogens (primary N) is 1. The molecule has 2 nitrogen and oxygen atoms in total. The molecule has 0 unspecified atom stereocenters. The van der Waals surface area contributed by atoms with Gasteiger partial charge in [-0.25, -0.2) is 0 Å². The van der Waals surface area contributed by atoms with Crippen molar-refractivity contribution in [2.24, 2.45) is 17.6 Å². The Kier molecular flexibility index (Phi) is 1.46. The molecule has 0 amide bonds. The molecular formula is C8H16N2. The fourth-order valence-corrected chi connectivity index (χ4v) is 2.44. The average Bonchev–Trinajstić information content (AvgIpc) is 2.25. The van der Waals surface area contributed by atoms with Crippen molar-refractivity contribution in [3.63, 3.8) is 0 Å². The highest BCUT2D eigenvalue weighted by Gasteiger charge is 2.46. The minimum Gasteiger partial charge on any atom is -0.327 e. The van der Waals surface area contributed by atoms with Gasteiger partial charge in [-0.3, -0.25) is 0 Å². The molecule has 0 aromatic rings. The third-order valence-electron chi connectivity index (χ3n) is 3.22. The van der Waals surface area contributed by atoms with E-state index in [9.17, 15) is 0 Å². The summed E-state index contributed by atoms with van der Waals surface area (Å²) >= 11 is 0. The predicted molar refractivity (Wildman–Crippen MR) is 41.7 cm³/mol. The fraction of sp³-hybridized carbons (Fsp3) is 1.00. The highest BCUT2D eigenvalue weighted by molar-refractivity contribution is 5.03. The van der Waals surface area contributed by atoms with E-state index < -0.39 is 0 Å². The molecular weight excluding hydrogens is 124 g/mol. The minimum atomic E-state index is 0.508. The van der Waals surface area contributed by atoms with Gasteiger partial charge in [0.05, 0.1) is 0 Å². The van der Waals surface area contributed by atoms with E-state index in [0.29, 0.717) is 6.04 Å². The van der Waals surface area contributed by atoms with Crippen molar-refractivity contribution in [3.05, 3.63) is 0 Å². The predicted octanol–water partition coefficient (Wildman–Crippen LogP) is 0.332. The van der Waals surface area contributed by atoms with Gasteiger partial charge in [0.25, 0.3) is 0 Å². The van der Waals surface area contributed by atoms with Crippen LogP contribution in [0.4, 0.5) is 0 Å². The van der Waals surface area contributed by atoms with Crippen molar-refractivity contribution in [1.82, 2.24) is 5.32 Å². The summed E-state index contributed by atoms with van der Waals surface area (Å²) in [5.74, 6) is 1.73. The summed E-state index contributed by atoms with van der Waals surface area (Å²) in [6.07, 6.45) is 2.53. The Morgan fingerprint density at radius 3 is 2.80 bits per heavy atom. The normalized spacial score (nSPS) is 52.2. The number of rotatable bonds is 1. The molecule has 10 heavy (non-hydrogen) atoms. The summed E-state index contributed by atoms with van der Waals surface area (Å²) in [4.78, 5) is 0. The van der Waals surface area contributed by atoms with Gasteiger partial charge in [0.15, 0.2) is 0 Å². The van der Waals surface area contributed by atoms with Crippen molar-refractivity contribution in [2.75, 3.05) is 6.54 Å². The molecule has 1 saturated carbocycles. The Morgan fingerprint density at radius 1 is 1.50 bits per heavy atom. The minimum absolute atomic E-state index is 0.508. The van der Waals surface area contributed by atoms with Crippen molar-refractivity contribution in [1.29, 1.82) is 0 Å². The van der Waals surface area contributed by atoms with Gasteiger partial charge in [-0.05, 0) is 24.7 Å². The van der Waals surface area contributed by atoms with Crippen LogP contribution in [-0.4, -0.2) is 18.6 Å². The zero-order valence-electron chi connectivity index (χ0n) is 6.51. The molecule has 1 heterocycles. The summed E-state index contributed by atoms with van der Waals surface area (Å²) < 4.78 is 0. The van der Waals surface area contributed by atoms with Crippen molar-refractivity contribution in [3.8, 4) is 0 Å². The van der Waals surface area contributed by atoms with Crippen LogP contribution in [0.1, 0.15) is 19.8 Å². The monoisotopic (exact) mass is 140 g/mol. The van der Waals surface area contributed by atoms with E-state index in [0.717, 1.165) is 17.9 Å². The first-order chi connectivity index (χ1) is 4.83. The molecule has 2 rings (SSSR count). The summed E-state index contributed by atoms with van der Waals surface area (Å²) in [6.45, 7) is 3.42. The highest BCUT2D eigenvalue weighted by Crippen LogP contribution is 2.40. The third-order valence-corrected chi connectivity index (χ3v) is 3.22. The Balaban J connectivity index is 1.97. The molecule has 0 spiro atoms. The lowest BCUT2D eigenvalue weighted by Gasteiger charge is -2.39. The van der Waals surface area contributed by atoms with E-state index in [1.54, 1.807) is 0 Å². The van der Waals surface area contributed by atoms with E-state index >= 15 is 0 Å². The number of nitrogens with one attached hydrogen (secondary N) is 1. The van der Waals surface area contributed by atoms with Crippen molar-refractivity contribution >= 4 is 0 Å². The first-order valence-corrected chi connectivity index (χ1v) is 4.32. The maximum atomic E-state index is 5.84. The topological polar surface area (TPSA) is 38.0 Å². The summed E-state index contributed by atoms with van der Waals surface area (Å²) in [5.41, 5.74) is 5.84. The second kappa shape index (κ2) is 2.21. The van der Waals surface area contributed by atoms with E-state index in [-0.39, 0.29) is 0 Å².